The Morgan fingerprint density at radius 3 is 2.31 bits per heavy atom. The Morgan fingerprint density at radius 1 is 0.969 bits per heavy atom. The Balaban J connectivity index is 1.75. The summed E-state index contributed by atoms with van der Waals surface area (Å²) in [7, 11) is 0. The lowest BCUT2D eigenvalue weighted by molar-refractivity contribution is 0.253. The fraction of sp³-hybridized carbons (Fsp3) is 0.192. The van der Waals surface area contributed by atoms with Gasteiger partial charge in [-0.1, -0.05) is 54.6 Å². The summed E-state index contributed by atoms with van der Waals surface area (Å²) in [4.78, 5) is 13.7. The van der Waals surface area contributed by atoms with E-state index in [-0.39, 0.29) is 17.7 Å². The molecule has 6 heteroatoms. The summed E-state index contributed by atoms with van der Waals surface area (Å²) in [5.41, 5.74) is 15.3. The van der Waals surface area contributed by atoms with Crippen LogP contribution in [0.4, 0.5) is 0 Å². The molecule has 1 heterocycles. The normalized spacial score (nSPS) is 14.8. The van der Waals surface area contributed by atoms with Crippen LogP contribution in [-0.4, -0.2) is 6.73 Å². The fourth-order valence-corrected chi connectivity index (χ4v) is 4.82. The molecule has 4 aromatic rings. The number of halogens is 1. The van der Waals surface area contributed by atoms with Crippen LogP contribution < -0.4 is 21.6 Å². The summed E-state index contributed by atoms with van der Waals surface area (Å²) in [5.74, 6) is 1.03. The molecule has 0 saturated heterocycles. The van der Waals surface area contributed by atoms with Gasteiger partial charge in [0.2, 0.25) is 5.43 Å². The zero-order valence-corrected chi connectivity index (χ0v) is 19.0. The highest BCUT2D eigenvalue weighted by Crippen LogP contribution is 2.41. The molecule has 5 nitrogen and oxygen atoms in total. The standard InChI is InChI=1S/C26H23BrN2O3/c27-22-20(31-15-28)12-11-19-23(30)21(24(32-25(19)22)17-5-2-1-3-6-17)16-7-9-18(10-8-16)26(29)13-4-14-26/h1-3,5-12H,4,13-15,28-29H2. The van der Waals surface area contributed by atoms with Crippen LogP contribution in [-0.2, 0) is 5.54 Å². The Kier molecular flexibility index (Phi) is 5.37. The van der Waals surface area contributed by atoms with Crippen molar-refractivity contribution < 1.29 is 9.15 Å². The van der Waals surface area contributed by atoms with E-state index in [1.807, 2.05) is 54.6 Å². The molecule has 1 saturated carbocycles. The lowest BCUT2D eigenvalue weighted by atomic mass is 9.72. The minimum absolute atomic E-state index is 0.0208. The lowest BCUT2D eigenvalue weighted by Crippen LogP contribution is -2.43. The molecule has 4 N–H and O–H groups in total. The van der Waals surface area contributed by atoms with Crippen LogP contribution >= 0.6 is 15.9 Å². The predicted octanol–water partition coefficient (Wildman–Crippen LogP) is 5.52. The van der Waals surface area contributed by atoms with Gasteiger partial charge < -0.3 is 14.9 Å². The van der Waals surface area contributed by atoms with Gasteiger partial charge in [0.25, 0.3) is 0 Å². The van der Waals surface area contributed by atoms with Crippen molar-refractivity contribution in [1.29, 1.82) is 0 Å². The number of rotatable bonds is 5. The van der Waals surface area contributed by atoms with Gasteiger partial charge in [-0.05, 0) is 58.5 Å². The summed E-state index contributed by atoms with van der Waals surface area (Å²) < 4.78 is 12.4. The van der Waals surface area contributed by atoms with Crippen molar-refractivity contribution in [2.75, 3.05) is 6.73 Å². The van der Waals surface area contributed by atoms with Crippen LogP contribution in [0.2, 0.25) is 0 Å². The van der Waals surface area contributed by atoms with Crippen molar-refractivity contribution in [3.63, 3.8) is 0 Å². The molecule has 0 radical (unpaired) electrons. The predicted molar refractivity (Wildman–Crippen MR) is 130 cm³/mol. The van der Waals surface area contributed by atoms with Crippen molar-refractivity contribution in [1.82, 2.24) is 0 Å². The molecule has 0 amide bonds. The molecule has 1 fully saturated rings. The number of nitrogens with two attached hydrogens (primary N) is 2. The zero-order chi connectivity index (χ0) is 22.3. The van der Waals surface area contributed by atoms with E-state index < -0.39 is 0 Å². The molecule has 1 aliphatic carbocycles. The highest BCUT2D eigenvalue weighted by Gasteiger charge is 2.34. The number of fused-ring (bicyclic) bond motifs is 1. The summed E-state index contributed by atoms with van der Waals surface area (Å²) in [6.07, 6.45) is 3.12. The first-order valence-corrected chi connectivity index (χ1v) is 11.4. The Hall–Kier alpha value is -2.93. The van der Waals surface area contributed by atoms with Gasteiger partial charge in [-0.2, -0.15) is 0 Å². The number of ether oxygens (including phenoxy) is 1. The molecular formula is C26H23BrN2O3. The average molecular weight is 491 g/mol. The third kappa shape index (κ3) is 3.45. The summed E-state index contributed by atoms with van der Waals surface area (Å²) >= 11 is 3.52. The Labute approximate surface area is 194 Å². The van der Waals surface area contributed by atoms with E-state index in [1.54, 1.807) is 12.1 Å². The van der Waals surface area contributed by atoms with Gasteiger partial charge in [-0.15, -0.1) is 0 Å². The number of benzene rings is 3. The molecule has 1 aromatic heterocycles. The summed E-state index contributed by atoms with van der Waals surface area (Å²) in [6.45, 7) is 0.0208. The molecule has 162 valence electrons. The molecule has 0 bridgehead atoms. The van der Waals surface area contributed by atoms with Gasteiger partial charge >= 0.3 is 0 Å². The maximum Gasteiger partial charge on any atom is 0.201 e. The van der Waals surface area contributed by atoms with Gasteiger partial charge in [-0.25, -0.2) is 0 Å². The third-order valence-corrected chi connectivity index (χ3v) is 6.98. The van der Waals surface area contributed by atoms with E-state index in [0.29, 0.717) is 32.5 Å². The Morgan fingerprint density at radius 2 is 1.69 bits per heavy atom. The molecule has 0 aliphatic heterocycles. The van der Waals surface area contributed by atoms with Crippen molar-refractivity contribution in [2.45, 2.75) is 24.8 Å². The topological polar surface area (TPSA) is 91.5 Å². The molecular weight excluding hydrogens is 468 g/mol. The van der Waals surface area contributed by atoms with E-state index in [0.717, 1.165) is 36.0 Å². The minimum atomic E-state index is -0.251. The lowest BCUT2D eigenvalue weighted by Gasteiger charge is -2.38. The van der Waals surface area contributed by atoms with E-state index in [9.17, 15) is 4.79 Å². The quantitative estimate of drug-likeness (QED) is 0.359. The molecule has 32 heavy (non-hydrogen) atoms. The van der Waals surface area contributed by atoms with E-state index >= 15 is 0 Å². The van der Waals surface area contributed by atoms with Gasteiger partial charge in [0.1, 0.15) is 22.7 Å². The first-order valence-electron chi connectivity index (χ1n) is 10.6. The molecule has 0 spiro atoms. The largest absolute Gasteiger partial charge is 0.477 e. The van der Waals surface area contributed by atoms with Crippen LogP contribution in [0.15, 0.2) is 80.4 Å². The minimum Gasteiger partial charge on any atom is -0.477 e. The molecule has 3 aromatic carbocycles. The fourth-order valence-electron chi connectivity index (χ4n) is 4.28. The average Bonchev–Trinajstić information content (AvgIpc) is 2.80. The van der Waals surface area contributed by atoms with Crippen molar-refractivity contribution in [2.24, 2.45) is 11.5 Å². The van der Waals surface area contributed by atoms with E-state index in [4.69, 9.17) is 20.6 Å². The van der Waals surface area contributed by atoms with Gasteiger partial charge in [-0.3, -0.25) is 10.5 Å². The van der Waals surface area contributed by atoms with Gasteiger partial charge in [0.15, 0.2) is 5.58 Å². The number of hydrogen-bond donors (Lipinski definition) is 2. The highest BCUT2D eigenvalue weighted by atomic mass is 79.9. The van der Waals surface area contributed by atoms with Crippen LogP contribution in [0.5, 0.6) is 5.75 Å². The third-order valence-electron chi connectivity index (χ3n) is 6.23. The smallest absolute Gasteiger partial charge is 0.201 e. The summed E-state index contributed by atoms with van der Waals surface area (Å²) in [5, 5.41) is 0.467. The zero-order valence-electron chi connectivity index (χ0n) is 17.4. The van der Waals surface area contributed by atoms with Crippen LogP contribution in [0, 0.1) is 0 Å². The first-order chi connectivity index (χ1) is 15.5. The van der Waals surface area contributed by atoms with Crippen molar-refractivity contribution in [3.05, 3.63) is 87.0 Å². The van der Waals surface area contributed by atoms with Gasteiger partial charge in [0, 0.05) is 11.1 Å². The van der Waals surface area contributed by atoms with Crippen LogP contribution in [0.1, 0.15) is 24.8 Å². The van der Waals surface area contributed by atoms with E-state index in [2.05, 4.69) is 15.9 Å². The van der Waals surface area contributed by atoms with Crippen LogP contribution in [0.25, 0.3) is 33.4 Å². The second-order valence-corrected chi connectivity index (χ2v) is 8.95. The van der Waals surface area contributed by atoms with Gasteiger partial charge in [0.05, 0.1) is 10.9 Å². The SMILES string of the molecule is NCOc1ccc2c(=O)c(-c3ccc(C4(N)CCC4)cc3)c(-c3ccccc3)oc2c1Br. The van der Waals surface area contributed by atoms with E-state index in [1.165, 1.54) is 0 Å². The molecule has 0 atom stereocenters. The number of hydrogen-bond acceptors (Lipinski definition) is 5. The second kappa shape index (κ2) is 8.20. The monoisotopic (exact) mass is 490 g/mol. The molecule has 0 unspecified atom stereocenters. The highest BCUT2D eigenvalue weighted by molar-refractivity contribution is 9.10. The maximum absolute atomic E-state index is 13.7. The van der Waals surface area contributed by atoms with Crippen LogP contribution in [0.3, 0.4) is 0 Å². The molecule has 1 aliphatic rings. The summed E-state index contributed by atoms with van der Waals surface area (Å²) in [6, 6.07) is 21.1. The first kappa shape index (κ1) is 20.9. The maximum atomic E-state index is 13.7. The van der Waals surface area contributed by atoms with Crippen molar-refractivity contribution >= 4 is 26.9 Å². The second-order valence-electron chi connectivity index (χ2n) is 8.15. The van der Waals surface area contributed by atoms with Crippen molar-refractivity contribution in [3.8, 4) is 28.2 Å². The Bertz CT molecular complexity index is 1340. The molecule has 5 rings (SSSR count).